The van der Waals surface area contributed by atoms with Crippen LogP contribution < -0.4 is 10.2 Å². The molecule has 1 amide bonds. The van der Waals surface area contributed by atoms with Crippen molar-refractivity contribution in [1.82, 2.24) is 15.2 Å². The van der Waals surface area contributed by atoms with Gasteiger partial charge < -0.3 is 10.2 Å². The first-order chi connectivity index (χ1) is 12.3. The molecule has 2 N–H and O–H groups in total. The molecular weight excluding hydrogens is 314 g/mol. The van der Waals surface area contributed by atoms with E-state index >= 15 is 0 Å². The number of nitrogens with zero attached hydrogens (tertiary/aromatic N) is 3. The summed E-state index contributed by atoms with van der Waals surface area (Å²) in [6.07, 6.45) is 10.3. The number of H-pyrrole nitrogens is 1. The Morgan fingerprint density at radius 2 is 1.96 bits per heavy atom. The predicted molar refractivity (Wildman–Crippen MR) is 98.1 cm³/mol. The Balaban J connectivity index is 1.49. The van der Waals surface area contributed by atoms with Gasteiger partial charge in [0.05, 0.1) is 5.56 Å². The highest BCUT2D eigenvalue weighted by atomic mass is 16.1. The Kier molecular flexibility index (Phi) is 4.68. The van der Waals surface area contributed by atoms with Crippen LogP contribution in [-0.4, -0.2) is 34.2 Å². The van der Waals surface area contributed by atoms with Crippen LogP contribution in [0.4, 0.5) is 11.6 Å². The number of aromatic amines is 1. The molecule has 1 aliphatic heterocycles. The van der Waals surface area contributed by atoms with Gasteiger partial charge in [0.2, 0.25) is 0 Å². The van der Waals surface area contributed by atoms with Crippen LogP contribution in [0.15, 0.2) is 24.4 Å². The van der Waals surface area contributed by atoms with Crippen LogP contribution in [0.1, 0.15) is 66.9 Å². The van der Waals surface area contributed by atoms with E-state index in [0.29, 0.717) is 17.3 Å². The zero-order valence-corrected chi connectivity index (χ0v) is 14.5. The van der Waals surface area contributed by atoms with Crippen molar-refractivity contribution in [3.8, 4) is 0 Å². The molecule has 1 saturated heterocycles. The highest BCUT2D eigenvalue weighted by molar-refractivity contribution is 6.07. The molecule has 0 unspecified atom stereocenters. The molecule has 2 fully saturated rings. The van der Waals surface area contributed by atoms with E-state index in [9.17, 15) is 4.79 Å². The fraction of sp³-hybridized carbons (Fsp3) is 0.526. The standard InChI is InChI=1S/C19H25N5O/c25-19(21-17-13-16(22-23-17)14-7-2-3-8-14)15-9-6-10-20-18(15)24-11-4-1-5-12-24/h6,9-10,13-14H,1-5,7-8,11-12H2,(H2,21,22,23,25). The monoisotopic (exact) mass is 339 g/mol. The van der Waals surface area contributed by atoms with E-state index < -0.39 is 0 Å². The molecule has 4 rings (SSSR count). The third-order valence-corrected chi connectivity index (χ3v) is 5.32. The van der Waals surface area contributed by atoms with Gasteiger partial charge >= 0.3 is 0 Å². The van der Waals surface area contributed by atoms with Gasteiger partial charge in [0.15, 0.2) is 5.82 Å². The number of anilines is 2. The summed E-state index contributed by atoms with van der Waals surface area (Å²) in [6, 6.07) is 5.64. The molecule has 25 heavy (non-hydrogen) atoms. The number of nitrogens with one attached hydrogen (secondary N) is 2. The number of piperidine rings is 1. The van der Waals surface area contributed by atoms with Crippen LogP contribution in [0, 0.1) is 0 Å². The molecule has 0 bridgehead atoms. The molecule has 0 spiro atoms. The maximum Gasteiger partial charge on any atom is 0.260 e. The first kappa shape index (κ1) is 16.1. The lowest BCUT2D eigenvalue weighted by Crippen LogP contribution is -2.32. The third-order valence-electron chi connectivity index (χ3n) is 5.32. The lowest BCUT2D eigenvalue weighted by molar-refractivity contribution is 0.102. The highest BCUT2D eigenvalue weighted by Gasteiger charge is 2.22. The molecule has 0 radical (unpaired) electrons. The molecule has 2 aromatic heterocycles. The average molecular weight is 339 g/mol. The lowest BCUT2D eigenvalue weighted by Gasteiger charge is -2.28. The lowest BCUT2D eigenvalue weighted by atomic mass is 10.0. The number of rotatable bonds is 4. The number of hydrogen-bond acceptors (Lipinski definition) is 4. The van der Waals surface area contributed by atoms with Gasteiger partial charge in [-0.25, -0.2) is 4.98 Å². The number of pyridine rings is 1. The second-order valence-corrected chi connectivity index (χ2v) is 7.07. The number of aromatic nitrogens is 3. The summed E-state index contributed by atoms with van der Waals surface area (Å²) < 4.78 is 0. The maximum atomic E-state index is 12.8. The molecule has 0 aromatic carbocycles. The second-order valence-electron chi connectivity index (χ2n) is 7.07. The Bertz CT molecular complexity index is 729. The smallest absolute Gasteiger partial charge is 0.260 e. The SMILES string of the molecule is O=C(Nc1cc(C2CCCC2)[nH]n1)c1cccnc1N1CCCCC1. The summed E-state index contributed by atoms with van der Waals surface area (Å²) in [5.74, 6) is 1.80. The molecule has 132 valence electrons. The van der Waals surface area contributed by atoms with Gasteiger partial charge in [0, 0.05) is 37.0 Å². The average Bonchev–Trinajstić information content (AvgIpc) is 3.34. The molecule has 0 atom stereocenters. The van der Waals surface area contributed by atoms with E-state index in [0.717, 1.165) is 37.4 Å². The Morgan fingerprint density at radius 1 is 1.16 bits per heavy atom. The van der Waals surface area contributed by atoms with Gasteiger partial charge in [0.1, 0.15) is 5.82 Å². The van der Waals surface area contributed by atoms with Crippen LogP contribution in [0.3, 0.4) is 0 Å². The Labute approximate surface area is 148 Å². The largest absolute Gasteiger partial charge is 0.356 e. The topological polar surface area (TPSA) is 73.9 Å². The minimum Gasteiger partial charge on any atom is -0.356 e. The van der Waals surface area contributed by atoms with Crippen molar-refractivity contribution in [2.24, 2.45) is 0 Å². The molecule has 6 heteroatoms. The van der Waals surface area contributed by atoms with Crippen molar-refractivity contribution in [1.29, 1.82) is 0 Å². The zero-order chi connectivity index (χ0) is 17.1. The third kappa shape index (κ3) is 3.52. The van der Waals surface area contributed by atoms with E-state index in [1.165, 1.54) is 32.1 Å². The summed E-state index contributed by atoms with van der Waals surface area (Å²) in [7, 11) is 0. The van der Waals surface area contributed by atoms with Crippen molar-refractivity contribution in [3.63, 3.8) is 0 Å². The fourth-order valence-corrected chi connectivity index (χ4v) is 3.96. The van der Waals surface area contributed by atoms with Crippen LogP contribution >= 0.6 is 0 Å². The number of carbonyl (C=O) groups excluding carboxylic acids is 1. The van der Waals surface area contributed by atoms with E-state index in [1.807, 2.05) is 18.2 Å². The Hall–Kier alpha value is -2.37. The summed E-state index contributed by atoms with van der Waals surface area (Å²) in [5, 5.41) is 10.3. The van der Waals surface area contributed by atoms with Gasteiger partial charge in [-0.05, 0) is 44.2 Å². The minimum absolute atomic E-state index is 0.141. The molecule has 6 nitrogen and oxygen atoms in total. The van der Waals surface area contributed by atoms with E-state index in [4.69, 9.17) is 0 Å². The summed E-state index contributed by atoms with van der Waals surface area (Å²) in [5.41, 5.74) is 1.75. The van der Waals surface area contributed by atoms with E-state index in [-0.39, 0.29) is 5.91 Å². The predicted octanol–water partition coefficient (Wildman–Crippen LogP) is 3.70. The molecule has 2 aromatic rings. The van der Waals surface area contributed by atoms with Crippen molar-refractivity contribution in [3.05, 3.63) is 35.7 Å². The van der Waals surface area contributed by atoms with Crippen molar-refractivity contribution in [2.75, 3.05) is 23.3 Å². The van der Waals surface area contributed by atoms with Crippen molar-refractivity contribution in [2.45, 2.75) is 50.9 Å². The molecule has 1 aliphatic carbocycles. The van der Waals surface area contributed by atoms with Crippen LogP contribution in [0.2, 0.25) is 0 Å². The number of carbonyl (C=O) groups is 1. The highest BCUT2D eigenvalue weighted by Crippen LogP contribution is 2.33. The second kappa shape index (κ2) is 7.25. The quantitative estimate of drug-likeness (QED) is 0.890. The first-order valence-electron chi connectivity index (χ1n) is 9.38. The fourth-order valence-electron chi connectivity index (χ4n) is 3.96. The maximum absolute atomic E-state index is 12.8. The van der Waals surface area contributed by atoms with Gasteiger partial charge in [-0.3, -0.25) is 9.89 Å². The van der Waals surface area contributed by atoms with Crippen LogP contribution in [-0.2, 0) is 0 Å². The molecule has 3 heterocycles. The minimum atomic E-state index is -0.141. The van der Waals surface area contributed by atoms with Crippen LogP contribution in [0.25, 0.3) is 0 Å². The van der Waals surface area contributed by atoms with Gasteiger partial charge in [0.25, 0.3) is 5.91 Å². The Morgan fingerprint density at radius 3 is 2.76 bits per heavy atom. The van der Waals surface area contributed by atoms with Crippen LogP contribution in [0.5, 0.6) is 0 Å². The van der Waals surface area contributed by atoms with Gasteiger partial charge in [-0.2, -0.15) is 5.10 Å². The normalized spacial score (nSPS) is 18.5. The summed E-state index contributed by atoms with van der Waals surface area (Å²) in [6.45, 7) is 1.93. The van der Waals surface area contributed by atoms with E-state index in [1.54, 1.807) is 6.20 Å². The van der Waals surface area contributed by atoms with E-state index in [2.05, 4.69) is 25.4 Å². The van der Waals surface area contributed by atoms with Gasteiger partial charge in [-0.15, -0.1) is 0 Å². The molecular formula is C19H25N5O. The van der Waals surface area contributed by atoms with Crippen molar-refractivity contribution < 1.29 is 4.79 Å². The number of amides is 1. The molecule has 1 saturated carbocycles. The van der Waals surface area contributed by atoms with Crippen molar-refractivity contribution >= 4 is 17.5 Å². The van der Waals surface area contributed by atoms with Gasteiger partial charge in [-0.1, -0.05) is 12.8 Å². The summed E-state index contributed by atoms with van der Waals surface area (Å²) in [4.78, 5) is 19.5. The zero-order valence-electron chi connectivity index (χ0n) is 14.5. The summed E-state index contributed by atoms with van der Waals surface area (Å²) >= 11 is 0. The molecule has 2 aliphatic rings. The first-order valence-corrected chi connectivity index (χ1v) is 9.38. The number of hydrogen-bond donors (Lipinski definition) is 2.